The molecule has 15 heteroatoms. The number of nitrogens with zero attached hydrogens (tertiary/aromatic N) is 3. The highest BCUT2D eigenvalue weighted by molar-refractivity contribution is 7.92. The number of aromatic nitrogens is 2. The molecule has 0 radical (unpaired) electrons. The molecule has 3 aromatic rings. The van der Waals surface area contributed by atoms with Gasteiger partial charge >= 0.3 is 0 Å². The maximum Gasteiger partial charge on any atom is 0.267 e. The highest BCUT2D eigenvalue weighted by atomic mass is 35.5. The van der Waals surface area contributed by atoms with Crippen molar-refractivity contribution in [2.75, 3.05) is 17.5 Å². The molecule has 1 aromatic heterocycles. The first-order valence-corrected chi connectivity index (χ1v) is 15.2. The van der Waals surface area contributed by atoms with E-state index in [0.717, 1.165) is 10.4 Å². The van der Waals surface area contributed by atoms with Gasteiger partial charge in [-0.3, -0.25) is 18.6 Å². The molecule has 1 atom stereocenters. The lowest BCUT2D eigenvalue weighted by atomic mass is 9.44. The zero-order chi connectivity index (χ0) is 30.0. The van der Waals surface area contributed by atoms with Crippen molar-refractivity contribution in [2.24, 2.45) is 7.05 Å². The largest absolute Gasteiger partial charge is 0.484 e. The average molecular weight is 639 g/mol. The first-order chi connectivity index (χ1) is 19.8. The monoisotopic (exact) mass is 637 g/mol. The van der Waals surface area contributed by atoms with Crippen LogP contribution in [-0.4, -0.2) is 60.3 Å². The van der Waals surface area contributed by atoms with Gasteiger partial charge in [0.05, 0.1) is 22.9 Å². The van der Waals surface area contributed by atoms with Crippen LogP contribution in [0.2, 0.25) is 10.0 Å². The number of ether oxygens (including phenoxy) is 2. The smallest absolute Gasteiger partial charge is 0.267 e. The summed E-state index contributed by atoms with van der Waals surface area (Å²) in [7, 11) is -2.48. The predicted molar refractivity (Wildman–Crippen MR) is 151 cm³/mol. The number of carbonyl (C=O) groups excluding carboxylic acids is 2. The van der Waals surface area contributed by atoms with Gasteiger partial charge in [0.25, 0.3) is 21.8 Å². The summed E-state index contributed by atoms with van der Waals surface area (Å²) in [5.41, 5.74) is -0.452. The molecular formula is C27H26Cl2FN5O6S. The molecule has 3 saturated carbocycles. The molecule has 1 aliphatic heterocycles. The molecule has 3 aliphatic carbocycles. The van der Waals surface area contributed by atoms with E-state index in [9.17, 15) is 22.4 Å². The zero-order valence-corrected chi connectivity index (χ0v) is 24.8. The van der Waals surface area contributed by atoms with Gasteiger partial charge < -0.3 is 20.1 Å². The fraction of sp³-hybridized carbons (Fsp3) is 0.370. The summed E-state index contributed by atoms with van der Waals surface area (Å²) in [4.78, 5) is 25.8. The second kappa shape index (κ2) is 10.0. The third-order valence-electron chi connectivity index (χ3n) is 7.70. The van der Waals surface area contributed by atoms with E-state index in [1.54, 1.807) is 20.0 Å². The van der Waals surface area contributed by atoms with Crippen molar-refractivity contribution in [2.45, 2.75) is 48.3 Å². The number of amides is 2. The van der Waals surface area contributed by atoms with Crippen LogP contribution in [0.15, 0.2) is 47.5 Å². The van der Waals surface area contributed by atoms with Crippen LogP contribution in [0.5, 0.6) is 11.5 Å². The van der Waals surface area contributed by atoms with E-state index in [2.05, 4.69) is 15.7 Å². The minimum Gasteiger partial charge on any atom is -0.484 e. The summed E-state index contributed by atoms with van der Waals surface area (Å²) in [6.45, 7) is 1.02. The van der Waals surface area contributed by atoms with E-state index in [0.29, 0.717) is 30.0 Å². The highest BCUT2D eigenvalue weighted by Crippen LogP contribution is 2.60. The highest BCUT2D eigenvalue weighted by Gasteiger charge is 2.69. The molecule has 42 heavy (non-hydrogen) atoms. The van der Waals surface area contributed by atoms with Crippen molar-refractivity contribution in [3.8, 4) is 11.5 Å². The van der Waals surface area contributed by atoms with Crippen LogP contribution >= 0.6 is 23.2 Å². The van der Waals surface area contributed by atoms with E-state index >= 15 is 0 Å². The standard InChI is InChI=1S/C27H26Cl2FN5O6S/c1-15-23(10-34(2)33-15)42(38,39)35-9-22(41-21-6-3-16(28)7-20(21)35)25(37)32-27-12-26(13-27,14-27)31-24(36)11-40-17-4-5-18(29)19(30)8-17/h3-8,10,22H,9,11-14H2,1-2H3,(H,31,36)(H,32,37). The number of hydrogen-bond donors (Lipinski definition) is 2. The van der Waals surface area contributed by atoms with E-state index in [4.69, 9.17) is 32.7 Å². The second-order valence-corrected chi connectivity index (χ2v) is 13.7. The van der Waals surface area contributed by atoms with Crippen LogP contribution in [0.25, 0.3) is 0 Å². The summed E-state index contributed by atoms with van der Waals surface area (Å²) in [6, 6.07) is 8.48. The number of anilines is 1. The molecule has 2 N–H and O–H groups in total. The summed E-state index contributed by atoms with van der Waals surface area (Å²) in [5, 5.41) is 10.4. The molecule has 4 aliphatic rings. The number of hydrogen-bond acceptors (Lipinski definition) is 7. The summed E-state index contributed by atoms with van der Waals surface area (Å²) in [5.74, 6) is -1.10. The Morgan fingerprint density at radius 2 is 1.86 bits per heavy atom. The molecule has 2 heterocycles. The number of carbonyl (C=O) groups is 2. The van der Waals surface area contributed by atoms with Crippen LogP contribution in [0.1, 0.15) is 25.0 Å². The zero-order valence-electron chi connectivity index (χ0n) is 22.5. The van der Waals surface area contributed by atoms with E-state index in [1.165, 1.54) is 35.1 Å². The van der Waals surface area contributed by atoms with Crippen molar-refractivity contribution in [1.29, 1.82) is 0 Å². The summed E-state index contributed by atoms with van der Waals surface area (Å²) >= 11 is 11.8. The number of aryl methyl sites for hydroxylation is 2. The molecule has 2 amide bonds. The van der Waals surface area contributed by atoms with Gasteiger partial charge in [-0.25, -0.2) is 12.8 Å². The van der Waals surface area contributed by atoms with Gasteiger partial charge in [0, 0.05) is 35.4 Å². The molecule has 0 saturated heterocycles. The van der Waals surface area contributed by atoms with Crippen LogP contribution in [-0.2, 0) is 26.7 Å². The molecule has 2 bridgehead atoms. The first kappa shape index (κ1) is 28.6. The summed E-state index contributed by atoms with van der Waals surface area (Å²) < 4.78 is 54.8. The molecule has 2 aromatic carbocycles. The van der Waals surface area contributed by atoms with Gasteiger partial charge in [0.15, 0.2) is 12.7 Å². The number of fused-ring (bicyclic) bond motifs is 1. The number of nitrogens with one attached hydrogen (secondary N) is 2. The fourth-order valence-electron chi connectivity index (χ4n) is 5.98. The maximum absolute atomic E-state index is 13.7. The minimum atomic E-state index is -4.10. The Balaban J connectivity index is 1.09. The van der Waals surface area contributed by atoms with Gasteiger partial charge in [-0.15, -0.1) is 0 Å². The van der Waals surface area contributed by atoms with Crippen molar-refractivity contribution < 1.29 is 31.9 Å². The minimum absolute atomic E-state index is 0.0132. The van der Waals surface area contributed by atoms with Gasteiger partial charge in [0.1, 0.15) is 22.2 Å². The Kier molecular flexibility index (Phi) is 6.82. The maximum atomic E-state index is 13.7. The van der Waals surface area contributed by atoms with Crippen LogP contribution in [0, 0.1) is 12.7 Å². The van der Waals surface area contributed by atoms with Gasteiger partial charge in [0.2, 0.25) is 0 Å². The molecule has 11 nitrogen and oxygen atoms in total. The molecule has 7 rings (SSSR count). The molecule has 222 valence electrons. The van der Waals surface area contributed by atoms with Crippen molar-refractivity contribution >= 4 is 50.7 Å². The molecular weight excluding hydrogens is 612 g/mol. The first-order valence-electron chi connectivity index (χ1n) is 13.0. The SMILES string of the molecule is Cc1nn(C)cc1S(=O)(=O)N1CC(C(=O)NC23CC(NC(=O)COc4ccc(Cl)c(F)c4)(C2)C3)Oc2ccc(Cl)cc21. The lowest BCUT2D eigenvalue weighted by Gasteiger charge is -2.70. The third kappa shape index (κ3) is 5.03. The lowest BCUT2D eigenvalue weighted by molar-refractivity contribution is -0.153. The van der Waals surface area contributed by atoms with Crippen molar-refractivity contribution in [3.05, 3.63) is 64.2 Å². The topological polar surface area (TPSA) is 132 Å². The van der Waals surface area contributed by atoms with Crippen molar-refractivity contribution in [1.82, 2.24) is 20.4 Å². The number of halogens is 3. The number of benzene rings is 2. The van der Waals surface area contributed by atoms with E-state index in [-0.39, 0.29) is 46.2 Å². The van der Waals surface area contributed by atoms with Crippen LogP contribution in [0.4, 0.5) is 10.1 Å². The van der Waals surface area contributed by atoms with Gasteiger partial charge in [-0.2, -0.15) is 5.10 Å². The third-order valence-corrected chi connectivity index (χ3v) is 10.1. The van der Waals surface area contributed by atoms with Crippen LogP contribution < -0.4 is 24.4 Å². The van der Waals surface area contributed by atoms with Crippen LogP contribution in [0.3, 0.4) is 0 Å². The lowest BCUT2D eigenvalue weighted by Crippen LogP contribution is -2.84. The molecule has 1 unspecified atom stereocenters. The fourth-order valence-corrected chi connectivity index (χ4v) is 7.94. The normalized spacial score (nSPS) is 24.0. The second-order valence-electron chi connectivity index (χ2n) is 11.0. The van der Waals surface area contributed by atoms with Gasteiger partial charge in [-0.1, -0.05) is 23.2 Å². The molecule has 3 fully saturated rings. The average Bonchev–Trinajstić information content (AvgIpc) is 3.25. The molecule has 0 spiro atoms. The van der Waals surface area contributed by atoms with E-state index in [1.807, 2.05) is 0 Å². The Hall–Kier alpha value is -3.55. The predicted octanol–water partition coefficient (Wildman–Crippen LogP) is 3.12. The number of rotatable bonds is 8. The van der Waals surface area contributed by atoms with Crippen molar-refractivity contribution in [3.63, 3.8) is 0 Å². The summed E-state index contributed by atoms with van der Waals surface area (Å²) in [6.07, 6.45) is 1.79. The van der Waals surface area contributed by atoms with E-state index < -0.39 is 38.9 Å². The Morgan fingerprint density at radius 1 is 1.14 bits per heavy atom. The Bertz CT molecular complexity index is 1710. The Labute approximate surface area is 250 Å². The quantitative estimate of drug-likeness (QED) is 0.388. The van der Waals surface area contributed by atoms with Gasteiger partial charge in [-0.05, 0) is 56.5 Å². The number of sulfonamides is 1. The Morgan fingerprint density at radius 3 is 2.52 bits per heavy atom.